The summed E-state index contributed by atoms with van der Waals surface area (Å²) in [6.07, 6.45) is 1.02. The van der Waals surface area contributed by atoms with Crippen LogP contribution in [0.5, 0.6) is 6.01 Å². The van der Waals surface area contributed by atoms with E-state index in [1.165, 1.54) is 0 Å². The third-order valence-electron chi connectivity index (χ3n) is 2.23. The molecule has 6 nitrogen and oxygen atoms in total. The lowest BCUT2D eigenvalue weighted by Gasteiger charge is -2.15. The molecule has 6 heteroatoms. The quantitative estimate of drug-likeness (QED) is 0.779. The van der Waals surface area contributed by atoms with Crippen LogP contribution in [0.3, 0.4) is 0 Å². The lowest BCUT2D eigenvalue weighted by molar-refractivity contribution is 0.312. The molecule has 1 heterocycles. The summed E-state index contributed by atoms with van der Waals surface area (Å²) in [7, 11) is 1.94. The van der Waals surface area contributed by atoms with Crippen molar-refractivity contribution in [1.82, 2.24) is 15.0 Å². The second-order valence-electron chi connectivity index (χ2n) is 3.62. The van der Waals surface area contributed by atoms with Crippen molar-refractivity contribution in [2.24, 2.45) is 0 Å². The maximum atomic E-state index is 5.33. The highest BCUT2D eigenvalue weighted by molar-refractivity contribution is 5.37. The van der Waals surface area contributed by atoms with Crippen LogP contribution < -0.4 is 15.0 Å². The summed E-state index contributed by atoms with van der Waals surface area (Å²) in [5.41, 5.74) is 0. The second kappa shape index (κ2) is 6.88. The fourth-order valence-electron chi connectivity index (χ4n) is 1.17. The van der Waals surface area contributed by atoms with Crippen molar-refractivity contribution in [1.29, 1.82) is 0 Å². The van der Waals surface area contributed by atoms with Crippen molar-refractivity contribution in [2.75, 3.05) is 37.0 Å². The molecule has 0 fully saturated rings. The standard InChI is InChI=1S/C11H21N5O/c1-5-8-12-9-13-10(16(4)6-2)15-11(14-9)17-7-3/h5-8H2,1-4H3,(H,12,13,14,15). The first kappa shape index (κ1) is 13.5. The molecule has 0 aromatic carbocycles. The van der Waals surface area contributed by atoms with E-state index in [2.05, 4.69) is 27.2 Å². The van der Waals surface area contributed by atoms with Crippen molar-refractivity contribution in [3.63, 3.8) is 0 Å². The molecular formula is C11H21N5O. The normalized spacial score (nSPS) is 10.1. The van der Waals surface area contributed by atoms with Gasteiger partial charge >= 0.3 is 6.01 Å². The Morgan fingerprint density at radius 2 is 1.94 bits per heavy atom. The van der Waals surface area contributed by atoms with Gasteiger partial charge in [-0.3, -0.25) is 0 Å². The van der Waals surface area contributed by atoms with E-state index >= 15 is 0 Å². The number of nitrogens with one attached hydrogen (secondary N) is 1. The SMILES string of the molecule is CCCNc1nc(OCC)nc(N(C)CC)n1. The topological polar surface area (TPSA) is 63.2 Å². The Labute approximate surface area is 102 Å². The molecule has 0 spiro atoms. The summed E-state index contributed by atoms with van der Waals surface area (Å²) < 4.78 is 5.33. The van der Waals surface area contributed by atoms with E-state index in [1.807, 2.05) is 25.8 Å². The van der Waals surface area contributed by atoms with Gasteiger partial charge in [0.25, 0.3) is 0 Å². The summed E-state index contributed by atoms with van der Waals surface area (Å²) in [6.45, 7) is 8.27. The molecule has 0 amide bonds. The fraction of sp³-hybridized carbons (Fsp3) is 0.727. The number of aromatic nitrogens is 3. The molecule has 0 aliphatic heterocycles. The smallest absolute Gasteiger partial charge is 0.323 e. The Kier molecular flexibility index (Phi) is 5.45. The number of rotatable bonds is 7. The number of hydrogen-bond acceptors (Lipinski definition) is 6. The lowest BCUT2D eigenvalue weighted by atomic mass is 10.5. The van der Waals surface area contributed by atoms with E-state index < -0.39 is 0 Å². The lowest BCUT2D eigenvalue weighted by Crippen LogP contribution is -2.20. The van der Waals surface area contributed by atoms with E-state index in [0.29, 0.717) is 24.5 Å². The summed E-state index contributed by atoms with van der Waals surface area (Å²) in [5.74, 6) is 1.20. The maximum absolute atomic E-state index is 5.33. The number of hydrogen-bond donors (Lipinski definition) is 1. The first-order valence-electron chi connectivity index (χ1n) is 6.05. The number of anilines is 2. The van der Waals surface area contributed by atoms with Crippen molar-refractivity contribution >= 4 is 11.9 Å². The predicted molar refractivity (Wildman–Crippen MR) is 68.7 cm³/mol. The summed E-state index contributed by atoms with van der Waals surface area (Å²) in [5, 5.41) is 3.14. The molecule has 0 saturated heterocycles. The third kappa shape index (κ3) is 4.05. The van der Waals surface area contributed by atoms with Gasteiger partial charge in [-0.2, -0.15) is 15.0 Å². The van der Waals surface area contributed by atoms with Crippen LogP contribution in [0.15, 0.2) is 0 Å². The summed E-state index contributed by atoms with van der Waals surface area (Å²) >= 11 is 0. The maximum Gasteiger partial charge on any atom is 0.323 e. The highest BCUT2D eigenvalue weighted by Gasteiger charge is 2.09. The molecule has 1 N–H and O–H groups in total. The Hall–Kier alpha value is -1.59. The highest BCUT2D eigenvalue weighted by atomic mass is 16.5. The van der Waals surface area contributed by atoms with Crippen molar-refractivity contribution < 1.29 is 4.74 Å². The van der Waals surface area contributed by atoms with Gasteiger partial charge in [0.05, 0.1) is 6.61 Å². The highest BCUT2D eigenvalue weighted by Crippen LogP contribution is 2.13. The molecule has 1 aromatic heterocycles. The molecule has 0 unspecified atom stereocenters. The van der Waals surface area contributed by atoms with E-state index in [1.54, 1.807) is 0 Å². The van der Waals surface area contributed by atoms with Gasteiger partial charge in [0.15, 0.2) is 0 Å². The summed E-state index contributed by atoms with van der Waals surface area (Å²) in [6, 6.07) is 0.372. The minimum Gasteiger partial charge on any atom is -0.464 e. The zero-order valence-electron chi connectivity index (χ0n) is 11.0. The molecule has 0 radical (unpaired) electrons. The third-order valence-corrected chi connectivity index (χ3v) is 2.23. The Morgan fingerprint density at radius 1 is 1.18 bits per heavy atom. The van der Waals surface area contributed by atoms with Gasteiger partial charge in [-0.1, -0.05) is 6.92 Å². The van der Waals surface area contributed by atoms with Gasteiger partial charge in [0, 0.05) is 20.1 Å². The largest absolute Gasteiger partial charge is 0.464 e. The average Bonchev–Trinajstić information content (AvgIpc) is 2.35. The molecule has 96 valence electrons. The molecule has 1 aromatic rings. The minimum atomic E-state index is 0.372. The van der Waals surface area contributed by atoms with Crippen LogP contribution in [0.25, 0.3) is 0 Å². The minimum absolute atomic E-state index is 0.372. The van der Waals surface area contributed by atoms with Gasteiger partial charge in [0.1, 0.15) is 0 Å². The van der Waals surface area contributed by atoms with Crippen LogP contribution in [0.4, 0.5) is 11.9 Å². The molecule has 0 aliphatic rings. The first-order chi connectivity index (χ1) is 8.21. The first-order valence-corrected chi connectivity index (χ1v) is 6.05. The Bertz CT molecular complexity index is 345. The molecule has 1 rings (SSSR count). The van der Waals surface area contributed by atoms with Crippen LogP contribution in [0, 0.1) is 0 Å². The van der Waals surface area contributed by atoms with Crippen LogP contribution in [0.2, 0.25) is 0 Å². The van der Waals surface area contributed by atoms with E-state index in [4.69, 9.17) is 4.74 Å². The van der Waals surface area contributed by atoms with Gasteiger partial charge in [-0.15, -0.1) is 0 Å². The monoisotopic (exact) mass is 239 g/mol. The molecule has 0 bridgehead atoms. The molecular weight excluding hydrogens is 218 g/mol. The van der Waals surface area contributed by atoms with Crippen molar-refractivity contribution in [3.05, 3.63) is 0 Å². The van der Waals surface area contributed by atoms with E-state index in [0.717, 1.165) is 19.5 Å². The van der Waals surface area contributed by atoms with Gasteiger partial charge in [-0.25, -0.2) is 0 Å². The zero-order valence-corrected chi connectivity index (χ0v) is 11.0. The fourth-order valence-corrected chi connectivity index (χ4v) is 1.17. The van der Waals surface area contributed by atoms with E-state index in [-0.39, 0.29) is 0 Å². The number of nitrogens with zero attached hydrogens (tertiary/aromatic N) is 4. The van der Waals surface area contributed by atoms with Gasteiger partial charge < -0.3 is 15.0 Å². The van der Waals surface area contributed by atoms with E-state index in [9.17, 15) is 0 Å². The van der Waals surface area contributed by atoms with Gasteiger partial charge in [-0.05, 0) is 20.3 Å². The average molecular weight is 239 g/mol. The molecule has 0 saturated carbocycles. The predicted octanol–water partition coefficient (Wildman–Crippen LogP) is 1.55. The van der Waals surface area contributed by atoms with Crippen molar-refractivity contribution in [2.45, 2.75) is 27.2 Å². The second-order valence-corrected chi connectivity index (χ2v) is 3.62. The Balaban J connectivity index is 2.91. The molecule has 0 aliphatic carbocycles. The summed E-state index contributed by atoms with van der Waals surface area (Å²) in [4.78, 5) is 14.7. The molecule has 17 heavy (non-hydrogen) atoms. The van der Waals surface area contributed by atoms with Crippen LogP contribution in [-0.4, -0.2) is 41.7 Å². The van der Waals surface area contributed by atoms with Crippen LogP contribution >= 0.6 is 0 Å². The molecule has 0 atom stereocenters. The zero-order chi connectivity index (χ0) is 12.7. The van der Waals surface area contributed by atoms with Gasteiger partial charge in [0.2, 0.25) is 11.9 Å². The number of ether oxygens (including phenoxy) is 1. The van der Waals surface area contributed by atoms with Crippen LogP contribution in [0.1, 0.15) is 27.2 Å². The Morgan fingerprint density at radius 3 is 2.53 bits per heavy atom. The van der Waals surface area contributed by atoms with Crippen molar-refractivity contribution in [3.8, 4) is 6.01 Å². The van der Waals surface area contributed by atoms with Crippen LogP contribution in [-0.2, 0) is 0 Å².